The van der Waals surface area contributed by atoms with Crippen LogP contribution in [0.1, 0.15) is 11.1 Å². The van der Waals surface area contributed by atoms with Crippen molar-refractivity contribution in [1.82, 2.24) is 0 Å². The fraction of sp³-hybridized carbons (Fsp3) is 0.0204. The van der Waals surface area contributed by atoms with Crippen molar-refractivity contribution in [1.29, 1.82) is 0 Å². The van der Waals surface area contributed by atoms with Gasteiger partial charge in [-0.25, -0.2) is 0 Å². The summed E-state index contributed by atoms with van der Waals surface area (Å²) >= 11 is 0. The Hall–Kier alpha value is -6.24. The molecule has 0 aromatic heterocycles. The van der Waals surface area contributed by atoms with E-state index in [9.17, 15) is 0 Å². The van der Waals surface area contributed by atoms with Crippen molar-refractivity contribution in [3.8, 4) is 55.6 Å². The standard InChI is InChI=1S/C49H32/c1-2-12-32(13-3-1)36-29-26-33-15-10-23-45(46(33)31-36)49-43-20-8-6-18-41(43)47(42-19-7-9-21-44(42)49)35-27-24-34(25-28-35)39-22-11-16-38-30-37-14-4-5-17-40(37)48(38)39/h1-29,31H,30H2. The summed E-state index contributed by atoms with van der Waals surface area (Å²) in [6.45, 7) is 0. The maximum atomic E-state index is 2.37. The van der Waals surface area contributed by atoms with Crippen LogP contribution in [-0.2, 0) is 6.42 Å². The molecule has 0 fully saturated rings. The zero-order chi connectivity index (χ0) is 32.3. The lowest BCUT2D eigenvalue weighted by Gasteiger charge is -2.19. The van der Waals surface area contributed by atoms with E-state index in [0.29, 0.717) is 0 Å². The van der Waals surface area contributed by atoms with E-state index in [2.05, 4.69) is 182 Å². The van der Waals surface area contributed by atoms with Crippen LogP contribution in [0.25, 0.3) is 88.0 Å². The third-order valence-corrected chi connectivity index (χ3v) is 10.5. The van der Waals surface area contributed by atoms with E-state index in [0.717, 1.165) is 6.42 Å². The summed E-state index contributed by atoms with van der Waals surface area (Å²) < 4.78 is 0. The van der Waals surface area contributed by atoms with Gasteiger partial charge in [-0.2, -0.15) is 0 Å². The minimum absolute atomic E-state index is 1.01. The van der Waals surface area contributed by atoms with Crippen molar-refractivity contribution in [3.05, 3.63) is 193 Å². The van der Waals surface area contributed by atoms with Gasteiger partial charge >= 0.3 is 0 Å². The van der Waals surface area contributed by atoms with E-state index in [-0.39, 0.29) is 0 Å². The Bertz CT molecular complexity index is 2660. The van der Waals surface area contributed by atoms with Gasteiger partial charge in [0.15, 0.2) is 0 Å². The second kappa shape index (κ2) is 11.2. The molecular weight excluding hydrogens is 589 g/mol. The van der Waals surface area contributed by atoms with Crippen LogP contribution in [0.4, 0.5) is 0 Å². The number of hydrogen-bond donors (Lipinski definition) is 0. The molecule has 9 aromatic rings. The molecule has 10 rings (SSSR count). The molecule has 0 heteroatoms. The van der Waals surface area contributed by atoms with Crippen molar-refractivity contribution >= 4 is 32.3 Å². The van der Waals surface area contributed by atoms with E-state index in [1.165, 1.54) is 99.1 Å². The van der Waals surface area contributed by atoms with E-state index >= 15 is 0 Å². The molecule has 0 heterocycles. The molecule has 0 radical (unpaired) electrons. The van der Waals surface area contributed by atoms with E-state index < -0.39 is 0 Å². The highest BCUT2D eigenvalue weighted by atomic mass is 14.3. The fourth-order valence-electron chi connectivity index (χ4n) is 8.28. The summed E-state index contributed by atoms with van der Waals surface area (Å²) in [4.78, 5) is 0. The Morgan fingerprint density at radius 1 is 0.265 bits per heavy atom. The lowest BCUT2D eigenvalue weighted by atomic mass is 9.84. The lowest BCUT2D eigenvalue weighted by Crippen LogP contribution is -1.92. The Labute approximate surface area is 286 Å². The Morgan fingerprint density at radius 2 is 0.816 bits per heavy atom. The molecule has 0 aliphatic heterocycles. The summed E-state index contributed by atoms with van der Waals surface area (Å²) in [7, 11) is 0. The first kappa shape index (κ1) is 27.8. The minimum atomic E-state index is 1.01. The molecule has 0 bridgehead atoms. The first-order chi connectivity index (χ1) is 24.3. The first-order valence-electron chi connectivity index (χ1n) is 17.1. The predicted octanol–water partition coefficient (Wildman–Crippen LogP) is 13.4. The van der Waals surface area contributed by atoms with Gasteiger partial charge in [0.05, 0.1) is 0 Å². The summed E-state index contributed by atoms with van der Waals surface area (Å²) in [6, 6.07) is 67.2. The van der Waals surface area contributed by atoms with Crippen molar-refractivity contribution in [2.75, 3.05) is 0 Å². The highest BCUT2D eigenvalue weighted by Crippen LogP contribution is 2.47. The van der Waals surface area contributed by atoms with E-state index in [1.807, 2.05) is 0 Å². The molecule has 0 N–H and O–H groups in total. The van der Waals surface area contributed by atoms with Crippen LogP contribution >= 0.6 is 0 Å². The van der Waals surface area contributed by atoms with Crippen molar-refractivity contribution in [2.24, 2.45) is 0 Å². The van der Waals surface area contributed by atoms with E-state index in [4.69, 9.17) is 0 Å². The fourth-order valence-corrected chi connectivity index (χ4v) is 8.28. The number of hydrogen-bond acceptors (Lipinski definition) is 0. The van der Waals surface area contributed by atoms with Gasteiger partial charge in [-0.15, -0.1) is 0 Å². The lowest BCUT2D eigenvalue weighted by molar-refractivity contribution is 1.26. The summed E-state index contributed by atoms with van der Waals surface area (Å²) in [5.41, 5.74) is 15.7. The van der Waals surface area contributed by atoms with Crippen molar-refractivity contribution in [3.63, 3.8) is 0 Å². The van der Waals surface area contributed by atoms with E-state index in [1.54, 1.807) is 0 Å². The van der Waals surface area contributed by atoms with Gasteiger partial charge in [0, 0.05) is 0 Å². The smallest absolute Gasteiger partial charge is 0.00132 e. The van der Waals surface area contributed by atoms with Gasteiger partial charge in [-0.3, -0.25) is 0 Å². The topological polar surface area (TPSA) is 0 Å². The van der Waals surface area contributed by atoms with Crippen LogP contribution in [0.15, 0.2) is 182 Å². The van der Waals surface area contributed by atoms with Crippen LogP contribution in [0.2, 0.25) is 0 Å². The minimum Gasteiger partial charge on any atom is -0.0622 e. The molecule has 0 atom stereocenters. The van der Waals surface area contributed by atoms with Gasteiger partial charge in [0.1, 0.15) is 0 Å². The molecule has 49 heavy (non-hydrogen) atoms. The van der Waals surface area contributed by atoms with Crippen LogP contribution in [0.3, 0.4) is 0 Å². The predicted molar refractivity (Wildman–Crippen MR) is 209 cm³/mol. The number of benzene rings is 9. The molecule has 0 spiro atoms. The van der Waals surface area contributed by atoms with Crippen LogP contribution in [0.5, 0.6) is 0 Å². The third-order valence-electron chi connectivity index (χ3n) is 10.5. The van der Waals surface area contributed by atoms with Gasteiger partial charge < -0.3 is 0 Å². The second-order valence-electron chi connectivity index (χ2n) is 13.2. The highest BCUT2D eigenvalue weighted by molar-refractivity contribution is 6.23. The summed E-state index contributed by atoms with van der Waals surface area (Å²) in [5.74, 6) is 0. The van der Waals surface area contributed by atoms with Crippen LogP contribution in [0, 0.1) is 0 Å². The van der Waals surface area contributed by atoms with Crippen molar-refractivity contribution in [2.45, 2.75) is 6.42 Å². The quantitative estimate of drug-likeness (QED) is 0.172. The van der Waals surface area contributed by atoms with Crippen molar-refractivity contribution < 1.29 is 0 Å². The largest absolute Gasteiger partial charge is 0.0622 e. The first-order valence-corrected chi connectivity index (χ1v) is 17.1. The molecule has 0 saturated heterocycles. The zero-order valence-corrected chi connectivity index (χ0v) is 27.0. The Morgan fingerprint density at radius 3 is 1.57 bits per heavy atom. The average Bonchev–Trinajstić information content (AvgIpc) is 3.56. The Balaban J connectivity index is 1.17. The highest BCUT2D eigenvalue weighted by Gasteiger charge is 2.22. The van der Waals surface area contributed by atoms with Gasteiger partial charge in [-0.1, -0.05) is 176 Å². The molecule has 0 saturated carbocycles. The monoisotopic (exact) mass is 620 g/mol. The molecular formula is C49H32. The molecule has 1 aliphatic rings. The average molecular weight is 621 g/mol. The summed E-state index contributed by atoms with van der Waals surface area (Å²) in [5, 5.41) is 7.61. The molecule has 0 unspecified atom stereocenters. The molecule has 1 aliphatic carbocycles. The summed E-state index contributed by atoms with van der Waals surface area (Å²) in [6.07, 6.45) is 1.01. The van der Waals surface area contributed by atoms with Crippen LogP contribution in [-0.4, -0.2) is 0 Å². The molecule has 0 nitrogen and oxygen atoms in total. The third kappa shape index (κ3) is 4.45. The molecule has 228 valence electrons. The van der Waals surface area contributed by atoms with Gasteiger partial charge in [0.2, 0.25) is 0 Å². The zero-order valence-electron chi connectivity index (χ0n) is 27.0. The molecule has 9 aromatic carbocycles. The number of rotatable bonds is 4. The van der Waals surface area contributed by atoms with Gasteiger partial charge in [-0.05, 0) is 112 Å². The maximum absolute atomic E-state index is 2.37. The second-order valence-corrected chi connectivity index (χ2v) is 13.2. The maximum Gasteiger partial charge on any atom is -0.00132 e. The molecule has 0 amide bonds. The normalized spacial score (nSPS) is 12.0. The van der Waals surface area contributed by atoms with Gasteiger partial charge in [0.25, 0.3) is 0 Å². The number of fused-ring (bicyclic) bond motifs is 6. The van der Waals surface area contributed by atoms with Crippen LogP contribution < -0.4 is 0 Å². The Kier molecular flexibility index (Phi) is 6.35. The SMILES string of the molecule is c1ccc(-c2ccc3cccc(-c4c5ccccc5c(-c5ccc(-c6cccc7c6-c6ccccc6C7)cc5)c5ccccc45)c3c2)cc1.